The molecule has 1 aromatic rings. The van der Waals surface area contributed by atoms with Crippen molar-refractivity contribution in [1.82, 2.24) is 4.90 Å². The van der Waals surface area contributed by atoms with Gasteiger partial charge in [0.05, 0.1) is 18.3 Å². The predicted molar refractivity (Wildman–Crippen MR) is 85.8 cm³/mol. The van der Waals surface area contributed by atoms with Crippen LogP contribution in [0.5, 0.6) is 0 Å². The van der Waals surface area contributed by atoms with E-state index in [1.807, 2.05) is 35.2 Å². The number of likely N-dealkylation sites (tertiary alicyclic amines) is 1. The monoisotopic (exact) mass is 319 g/mol. The van der Waals surface area contributed by atoms with E-state index in [-0.39, 0.29) is 12.5 Å². The third-order valence-corrected chi connectivity index (χ3v) is 4.92. The van der Waals surface area contributed by atoms with Gasteiger partial charge in [0.25, 0.3) is 0 Å². The van der Waals surface area contributed by atoms with Crippen LogP contribution in [0.4, 0.5) is 0 Å². The number of hydrogen-bond acceptors (Lipinski definition) is 4. The first kappa shape index (κ1) is 16.4. The van der Waals surface area contributed by atoms with Crippen LogP contribution in [0.25, 0.3) is 0 Å². The Labute approximate surface area is 137 Å². The first-order valence-corrected chi connectivity index (χ1v) is 8.41. The molecule has 0 bridgehead atoms. The second-order valence-electron chi connectivity index (χ2n) is 6.43. The van der Waals surface area contributed by atoms with E-state index in [9.17, 15) is 9.90 Å². The minimum atomic E-state index is -0.431. The molecule has 1 spiro atoms. The van der Waals surface area contributed by atoms with Crippen molar-refractivity contribution in [2.45, 2.75) is 44.0 Å². The minimum absolute atomic E-state index is 0.0149. The van der Waals surface area contributed by atoms with Gasteiger partial charge in [-0.05, 0) is 31.2 Å². The second-order valence-corrected chi connectivity index (χ2v) is 6.43. The van der Waals surface area contributed by atoms with Gasteiger partial charge in [-0.3, -0.25) is 4.79 Å². The highest BCUT2D eigenvalue weighted by atomic mass is 16.5. The quantitative estimate of drug-likeness (QED) is 0.918. The number of benzene rings is 1. The first-order valence-electron chi connectivity index (χ1n) is 8.41. The molecule has 0 aliphatic carbocycles. The largest absolute Gasteiger partial charge is 0.390 e. The van der Waals surface area contributed by atoms with Gasteiger partial charge < -0.3 is 19.5 Å². The van der Waals surface area contributed by atoms with Crippen LogP contribution in [-0.4, -0.2) is 53.9 Å². The van der Waals surface area contributed by atoms with Crippen LogP contribution in [0.3, 0.4) is 0 Å². The summed E-state index contributed by atoms with van der Waals surface area (Å²) in [5.74, 6) is 0.0149. The zero-order chi connectivity index (χ0) is 16.1. The van der Waals surface area contributed by atoms with E-state index in [0.29, 0.717) is 39.1 Å². The van der Waals surface area contributed by atoms with E-state index in [1.54, 1.807) is 0 Å². The average Bonchev–Trinajstić information content (AvgIpc) is 2.59. The number of hydrogen-bond donors (Lipinski definition) is 1. The summed E-state index contributed by atoms with van der Waals surface area (Å²) in [6.45, 7) is 2.53. The molecule has 2 fully saturated rings. The Morgan fingerprint density at radius 2 is 2.04 bits per heavy atom. The fraction of sp³-hybridized carbons (Fsp3) is 0.611. The molecule has 1 atom stereocenters. The molecule has 2 heterocycles. The molecule has 3 rings (SSSR count). The maximum absolute atomic E-state index is 12.2. The maximum Gasteiger partial charge on any atom is 0.248 e. The lowest BCUT2D eigenvalue weighted by Gasteiger charge is -2.46. The van der Waals surface area contributed by atoms with Crippen molar-refractivity contribution in [3.8, 4) is 0 Å². The normalized spacial score (nSPS) is 23.9. The van der Waals surface area contributed by atoms with Crippen molar-refractivity contribution in [2.75, 3.05) is 26.3 Å². The molecule has 1 amide bonds. The standard InChI is InChI=1S/C18H25NO4/c20-16-7-4-12-23-18(16)8-10-19(11-9-18)17(21)14-22-13-15-5-2-1-3-6-15/h1-3,5-6,16,20H,4,7-14H2/t16-/m0/s1. The Morgan fingerprint density at radius 1 is 1.30 bits per heavy atom. The van der Waals surface area contributed by atoms with Crippen LogP contribution >= 0.6 is 0 Å². The van der Waals surface area contributed by atoms with E-state index in [1.165, 1.54) is 0 Å². The summed E-state index contributed by atoms with van der Waals surface area (Å²) in [4.78, 5) is 14.1. The third-order valence-electron chi connectivity index (χ3n) is 4.92. The minimum Gasteiger partial charge on any atom is -0.390 e. The Bertz CT molecular complexity index is 511. The number of amides is 1. The molecule has 1 N–H and O–H groups in total. The van der Waals surface area contributed by atoms with Crippen LogP contribution < -0.4 is 0 Å². The Balaban J connectivity index is 1.43. The molecule has 2 aliphatic rings. The van der Waals surface area contributed by atoms with Gasteiger partial charge in [0.2, 0.25) is 5.91 Å². The van der Waals surface area contributed by atoms with Gasteiger partial charge in [-0.15, -0.1) is 0 Å². The fourth-order valence-electron chi connectivity index (χ4n) is 3.45. The number of aliphatic hydroxyl groups excluding tert-OH is 1. The van der Waals surface area contributed by atoms with Crippen LogP contribution in [0.15, 0.2) is 30.3 Å². The lowest BCUT2D eigenvalue weighted by atomic mass is 9.82. The second kappa shape index (κ2) is 7.43. The zero-order valence-electron chi connectivity index (χ0n) is 13.4. The predicted octanol–water partition coefficient (Wildman–Crippen LogP) is 1.74. The van der Waals surface area contributed by atoms with Crippen LogP contribution in [-0.2, 0) is 20.9 Å². The van der Waals surface area contributed by atoms with Gasteiger partial charge in [-0.2, -0.15) is 0 Å². The summed E-state index contributed by atoms with van der Waals surface area (Å²) < 4.78 is 11.4. The SMILES string of the molecule is O=C(COCc1ccccc1)N1CCC2(CC1)OCCC[C@@H]2O. The van der Waals surface area contributed by atoms with Gasteiger partial charge >= 0.3 is 0 Å². The highest BCUT2D eigenvalue weighted by Gasteiger charge is 2.44. The molecular weight excluding hydrogens is 294 g/mol. The highest BCUT2D eigenvalue weighted by Crippen LogP contribution is 2.35. The fourth-order valence-corrected chi connectivity index (χ4v) is 3.45. The van der Waals surface area contributed by atoms with Crippen LogP contribution in [0.2, 0.25) is 0 Å². The number of carbonyl (C=O) groups is 1. The molecule has 0 aromatic heterocycles. The number of rotatable bonds is 4. The van der Waals surface area contributed by atoms with E-state index in [4.69, 9.17) is 9.47 Å². The van der Waals surface area contributed by atoms with Crippen molar-refractivity contribution in [3.63, 3.8) is 0 Å². The van der Waals surface area contributed by atoms with Crippen molar-refractivity contribution in [2.24, 2.45) is 0 Å². The Hall–Kier alpha value is -1.43. The van der Waals surface area contributed by atoms with Crippen molar-refractivity contribution in [1.29, 1.82) is 0 Å². The van der Waals surface area contributed by atoms with Gasteiger partial charge in [-0.1, -0.05) is 30.3 Å². The van der Waals surface area contributed by atoms with Crippen molar-refractivity contribution < 1.29 is 19.4 Å². The van der Waals surface area contributed by atoms with Gasteiger partial charge in [-0.25, -0.2) is 0 Å². The van der Waals surface area contributed by atoms with Gasteiger partial charge in [0, 0.05) is 19.7 Å². The van der Waals surface area contributed by atoms with E-state index in [2.05, 4.69) is 0 Å². The molecule has 0 saturated carbocycles. The number of piperidine rings is 1. The smallest absolute Gasteiger partial charge is 0.248 e. The topological polar surface area (TPSA) is 59.0 Å². The lowest BCUT2D eigenvalue weighted by Crippen LogP contribution is -2.56. The molecule has 2 aliphatic heterocycles. The van der Waals surface area contributed by atoms with Crippen LogP contribution in [0.1, 0.15) is 31.2 Å². The highest BCUT2D eigenvalue weighted by molar-refractivity contribution is 5.77. The molecule has 0 unspecified atom stereocenters. The van der Waals surface area contributed by atoms with E-state index in [0.717, 1.165) is 18.4 Å². The number of ether oxygens (including phenoxy) is 2. The maximum atomic E-state index is 12.2. The first-order chi connectivity index (χ1) is 11.2. The summed E-state index contributed by atoms with van der Waals surface area (Å²) in [7, 11) is 0. The van der Waals surface area contributed by atoms with E-state index >= 15 is 0 Å². The number of carbonyl (C=O) groups excluding carboxylic acids is 1. The Morgan fingerprint density at radius 3 is 2.74 bits per heavy atom. The average molecular weight is 319 g/mol. The molecule has 23 heavy (non-hydrogen) atoms. The van der Waals surface area contributed by atoms with Crippen LogP contribution in [0, 0.1) is 0 Å². The molecule has 5 heteroatoms. The summed E-state index contributed by atoms with van der Waals surface area (Å²) in [6, 6.07) is 9.84. The molecule has 1 aromatic carbocycles. The summed E-state index contributed by atoms with van der Waals surface area (Å²) in [5.41, 5.74) is 0.636. The van der Waals surface area contributed by atoms with E-state index < -0.39 is 11.7 Å². The summed E-state index contributed by atoms with van der Waals surface area (Å²) in [6.07, 6.45) is 2.73. The summed E-state index contributed by atoms with van der Waals surface area (Å²) in [5, 5.41) is 10.2. The molecule has 126 valence electrons. The zero-order valence-corrected chi connectivity index (χ0v) is 13.4. The van der Waals surface area contributed by atoms with Crippen molar-refractivity contribution in [3.05, 3.63) is 35.9 Å². The molecular formula is C18H25NO4. The molecule has 5 nitrogen and oxygen atoms in total. The summed E-state index contributed by atoms with van der Waals surface area (Å²) >= 11 is 0. The number of aliphatic hydroxyl groups is 1. The lowest BCUT2D eigenvalue weighted by molar-refractivity contribution is -0.180. The van der Waals surface area contributed by atoms with Gasteiger partial charge in [0.1, 0.15) is 6.61 Å². The third kappa shape index (κ3) is 3.91. The van der Waals surface area contributed by atoms with Gasteiger partial charge in [0.15, 0.2) is 0 Å². The molecule has 0 radical (unpaired) electrons. The van der Waals surface area contributed by atoms with Crippen molar-refractivity contribution >= 4 is 5.91 Å². The Kier molecular flexibility index (Phi) is 5.30. The number of nitrogens with zero attached hydrogens (tertiary/aromatic N) is 1. The molecule has 2 saturated heterocycles.